The largest absolute Gasteiger partial charge is 0.354 e. The third-order valence-corrected chi connectivity index (χ3v) is 7.31. The number of carbonyl (C=O) groups is 2. The standard InChI is InChI=1S/C28H41N3O4S/c1-8-9-18-29-27(33)22(3)30(19-23-12-10-21(2)11-13-23)26(32)20-31(36(7,34)35)25-16-14-24(15-17-25)28(4,5)6/h10-17,22H,8-9,18-20H2,1-7H3,(H,29,33). The number of hydrogen-bond acceptors (Lipinski definition) is 4. The Morgan fingerprint density at radius 3 is 2.08 bits per heavy atom. The number of amides is 2. The Hall–Kier alpha value is -2.87. The minimum absolute atomic E-state index is 0.0876. The summed E-state index contributed by atoms with van der Waals surface area (Å²) in [6, 6.07) is 14.2. The Morgan fingerprint density at radius 2 is 1.58 bits per heavy atom. The minimum atomic E-state index is -3.75. The van der Waals surface area contributed by atoms with Crippen molar-refractivity contribution in [3.05, 3.63) is 65.2 Å². The molecule has 2 rings (SSSR count). The van der Waals surface area contributed by atoms with Crippen LogP contribution in [0.3, 0.4) is 0 Å². The third-order valence-electron chi connectivity index (χ3n) is 6.17. The van der Waals surface area contributed by atoms with Crippen molar-refractivity contribution in [1.82, 2.24) is 10.2 Å². The van der Waals surface area contributed by atoms with E-state index in [4.69, 9.17) is 0 Å². The number of carbonyl (C=O) groups excluding carboxylic acids is 2. The molecular weight excluding hydrogens is 474 g/mol. The van der Waals surface area contributed by atoms with E-state index in [1.54, 1.807) is 19.1 Å². The van der Waals surface area contributed by atoms with Gasteiger partial charge in [0.05, 0.1) is 11.9 Å². The van der Waals surface area contributed by atoms with Gasteiger partial charge in [-0.1, -0.05) is 76.1 Å². The van der Waals surface area contributed by atoms with Crippen LogP contribution >= 0.6 is 0 Å². The normalized spacial score (nSPS) is 12.6. The highest BCUT2D eigenvalue weighted by molar-refractivity contribution is 7.92. The average Bonchev–Trinajstić information content (AvgIpc) is 2.80. The Kier molecular flexibility index (Phi) is 10.1. The number of aryl methyl sites for hydroxylation is 1. The second kappa shape index (κ2) is 12.4. The smallest absolute Gasteiger partial charge is 0.244 e. The fourth-order valence-electron chi connectivity index (χ4n) is 3.75. The molecule has 0 aliphatic rings. The number of sulfonamides is 1. The first kappa shape index (κ1) is 29.4. The number of nitrogens with one attached hydrogen (secondary N) is 1. The van der Waals surface area contributed by atoms with Crippen molar-refractivity contribution < 1.29 is 18.0 Å². The van der Waals surface area contributed by atoms with Crippen LogP contribution < -0.4 is 9.62 Å². The van der Waals surface area contributed by atoms with E-state index in [0.29, 0.717) is 12.2 Å². The Labute approximate surface area is 216 Å². The van der Waals surface area contributed by atoms with Crippen LogP contribution in [0.15, 0.2) is 48.5 Å². The Balaban J connectivity index is 2.35. The SMILES string of the molecule is CCCCNC(=O)C(C)N(Cc1ccc(C)cc1)C(=O)CN(c1ccc(C(C)(C)C)cc1)S(C)(=O)=O. The van der Waals surface area contributed by atoms with Crippen molar-refractivity contribution in [3.8, 4) is 0 Å². The van der Waals surface area contributed by atoms with Crippen LogP contribution in [0.4, 0.5) is 5.69 Å². The van der Waals surface area contributed by atoms with Gasteiger partial charge >= 0.3 is 0 Å². The number of nitrogens with zero attached hydrogens (tertiary/aromatic N) is 2. The second-order valence-corrected chi connectivity index (χ2v) is 12.3. The summed E-state index contributed by atoms with van der Waals surface area (Å²) in [5.41, 5.74) is 3.33. The molecule has 2 aromatic carbocycles. The van der Waals surface area contributed by atoms with E-state index in [1.807, 2.05) is 50.2 Å². The van der Waals surface area contributed by atoms with E-state index in [1.165, 1.54) is 4.90 Å². The Bertz CT molecular complexity index is 1120. The predicted molar refractivity (Wildman–Crippen MR) is 146 cm³/mol. The molecule has 0 spiro atoms. The molecule has 0 saturated heterocycles. The van der Waals surface area contributed by atoms with Crippen molar-refractivity contribution in [2.75, 3.05) is 23.7 Å². The van der Waals surface area contributed by atoms with E-state index >= 15 is 0 Å². The van der Waals surface area contributed by atoms with Gasteiger partial charge < -0.3 is 10.2 Å². The van der Waals surface area contributed by atoms with Crippen LogP contribution in [0.1, 0.15) is 64.2 Å². The van der Waals surface area contributed by atoms with E-state index in [0.717, 1.165) is 40.1 Å². The quantitative estimate of drug-likeness (QED) is 0.450. The molecule has 1 unspecified atom stereocenters. The summed E-state index contributed by atoms with van der Waals surface area (Å²) in [4.78, 5) is 27.9. The highest BCUT2D eigenvalue weighted by atomic mass is 32.2. The van der Waals surface area contributed by atoms with Crippen LogP contribution in [-0.2, 0) is 31.6 Å². The van der Waals surface area contributed by atoms with Crippen LogP contribution in [-0.4, -0.2) is 50.5 Å². The number of benzene rings is 2. The zero-order valence-electron chi connectivity index (χ0n) is 22.7. The van der Waals surface area contributed by atoms with Gasteiger partial charge in [-0.25, -0.2) is 8.42 Å². The maximum Gasteiger partial charge on any atom is 0.244 e. The molecule has 0 radical (unpaired) electrons. The lowest BCUT2D eigenvalue weighted by Crippen LogP contribution is -2.51. The molecule has 0 bridgehead atoms. The third kappa shape index (κ3) is 8.36. The van der Waals surface area contributed by atoms with Crippen LogP contribution in [0.25, 0.3) is 0 Å². The van der Waals surface area contributed by atoms with E-state index in [-0.39, 0.29) is 17.9 Å². The second-order valence-electron chi connectivity index (χ2n) is 10.4. The van der Waals surface area contributed by atoms with Gasteiger partial charge in [-0.2, -0.15) is 0 Å². The molecule has 198 valence electrons. The molecule has 2 aromatic rings. The summed E-state index contributed by atoms with van der Waals surface area (Å²) < 4.78 is 26.5. The molecule has 1 N–H and O–H groups in total. The van der Waals surface area contributed by atoms with Crippen molar-refractivity contribution >= 4 is 27.5 Å². The molecule has 7 nitrogen and oxygen atoms in total. The van der Waals surface area contributed by atoms with Crippen LogP contribution in [0.2, 0.25) is 0 Å². The topological polar surface area (TPSA) is 86.8 Å². The van der Waals surface area contributed by atoms with Gasteiger partial charge in [0.1, 0.15) is 12.6 Å². The van der Waals surface area contributed by atoms with Gasteiger partial charge in [0, 0.05) is 13.1 Å². The monoisotopic (exact) mass is 515 g/mol. The molecule has 0 aromatic heterocycles. The number of hydrogen-bond donors (Lipinski definition) is 1. The Morgan fingerprint density at radius 1 is 1.00 bits per heavy atom. The number of unbranched alkanes of at least 4 members (excludes halogenated alkanes) is 1. The van der Waals surface area contributed by atoms with Gasteiger partial charge in [-0.15, -0.1) is 0 Å². The highest BCUT2D eigenvalue weighted by Crippen LogP contribution is 2.26. The molecule has 0 fully saturated rings. The zero-order valence-corrected chi connectivity index (χ0v) is 23.5. The molecule has 2 amide bonds. The highest BCUT2D eigenvalue weighted by Gasteiger charge is 2.30. The van der Waals surface area contributed by atoms with Gasteiger partial charge in [0.25, 0.3) is 0 Å². The summed E-state index contributed by atoms with van der Waals surface area (Å²) in [5, 5.41) is 2.88. The van der Waals surface area contributed by atoms with Gasteiger partial charge in [-0.05, 0) is 48.9 Å². The first-order chi connectivity index (χ1) is 16.7. The van der Waals surface area contributed by atoms with Crippen LogP contribution in [0, 0.1) is 6.92 Å². The maximum absolute atomic E-state index is 13.6. The molecule has 36 heavy (non-hydrogen) atoms. The molecule has 0 aliphatic heterocycles. The minimum Gasteiger partial charge on any atom is -0.354 e. The van der Waals surface area contributed by atoms with Gasteiger partial charge in [0.15, 0.2) is 0 Å². The van der Waals surface area contributed by atoms with Crippen LogP contribution in [0.5, 0.6) is 0 Å². The summed E-state index contributed by atoms with van der Waals surface area (Å²) in [5.74, 6) is -0.705. The lowest BCUT2D eigenvalue weighted by atomic mass is 9.87. The zero-order chi connectivity index (χ0) is 27.1. The summed E-state index contributed by atoms with van der Waals surface area (Å²) in [6.07, 6.45) is 2.87. The van der Waals surface area contributed by atoms with Crippen molar-refractivity contribution in [3.63, 3.8) is 0 Å². The molecular formula is C28H41N3O4S. The first-order valence-electron chi connectivity index (χ1n) is 12.4. The molecule has 1 atom stereocenters. The summed E-state index contributed by atoms with van der Waals surface area (Å²) in [7, 11) is -3.75. The fourth-order valence-corrected chi connectivity index (χ4v) is 4.60. The average molecular weight is 516 g/mol. The van der Waals surface area contributed by atoms with Gasteiger partial charge in [0.2, 0.25) is 21.8 Å². The molecule has 8 heteroatoms. The van der Waals surface area contributed by atoms with Crippen molar-refractivity contribution in [2.45, 2.75) is 72.4 Å². The van der Waals surface area contributed by atoms with E-state index < -0.39 is 28.5 Å². The maximum atomic E-state index is 13.6. The van der Waals surface area contributed by atoms with E-state index in [2.05, 4.69) is 26.1 Å². The van der Waals surface area contributed by atoms with E-state index in [9.17, 15) is 18.0 Å². The van der Waals surface area contributed by atoms with Gasteiger partial charge in [-0.3, -0.25) is 13.9 Å². The number of anilines is 1. The van der Waals surface area contributed by atoms with Crippen molar-refractivity contribution in [2.24, 2.45) is 0 Å². The van der Waals surface area contributed by atoms with Crippen molar-refractivity contribution in [1.29, 1.82) is 0 Å². The molecule has 0 heterocycles. The fraction of sp³-hybridized carbons (Fsp3) is 0.500. The lowest BCUT2D eigenvalue weighted by Gasteiger charge is -2.31. The summed E-state index contributed by atoms with van der Waals surface area (Å²) in [6.45, 7) is 12.3. The molecule has 0 aliphatic carbocycles. The lowest BCUT2D eigenvalue weighted by molar-refractivity contribution is -0.139. The first-order valence-corrected chi connectivity index (χ1v) is 14.3. The predicted octanol–water partition coefficient (Wildman–Crippen LogP) is 4.39. The summed E-state index contributed by atoms with van der Waals surface area (Å²) >= 11 is 0. The number of rotatable bonds is 11. The molecule has 0 saturated carbocycles.